The fraction of sp³-hybridized carbons (Fsp3) is 0.381. The van der Waals surface area contributed by atoms with Crippen LogP contribution in [-0.4, -0.2) is 56.1 Å². The molecule has 1 aliphatic heterocycles. The van der Waals surface area contributed by atoms with E-state index in [2.05, 4.69) is 17.0 Å². The Bertz CT molecular complexity index is 750. The average Bonchev–Trinajstić information content (AvgIpc) is 2.68. The Morgan fingerprint density at radius 3 is 2.27 bits per heavy atom. The van der Waals surface area contributed by atoms with Gasteiger partial charge in [0.1, 0.15) is 11.5 Å². The summed E-state index contributed by atoms with van der Waals surface area (Å²) in [7, 11) is 3.28. The second kappa shape index (κ2) is 8.23. The molecular formula is C21H26N2O3. The highest BCUT2D eigenvalue weighted by molar-refractivity contribution is 5.97. The summed E-state index contributed by atoms with van der Waals surface area (Å²) in [5, 5.41) is 0. The maximum absolute atomic E-state index is 12.9. The number of piperazine rings is 1. The van der Waals surface area contributed by atoms with Gasteiger partial charge >= 0.3 is 0 Å². The predicted molar refractivity (Wildman–Crippen MR) is 102 cm³/mol. The lowest BCUT2D eigenvalue weighted by Gasteiger charge is -2.35. The van der Waals surface area contributed by atoms with Crippen LogP contribution in [0, 0.1) is 6.92 Å². The van der Waals surface area contributed by atoms with Crippen molar-refractivity contribution in [3.63, 3.8) is 0 Å². The first-order valence-corrected chi connectivity index (χ1v) is 8.90. The molecule has 0 atom stereocenters. The van der Waals surface area contributed by atoms with Crippen LogP contribution in [0.3, 0.4) is 0 Å². The third kappa shape index (κ3) is 4.17. The molecule has 3 rings (SSSR count). The van der Waals surface area contributed by atoms with Crippen LogP contribution in [0.25, 0.3) is 0 Å². The molecule has 0 aliphatic carbocycles. The number of rotatable bonds is 5. The smallest absolute Gasteiger partial charge is 0.257 e. The zero-order valence-electron chi connectivity index (χ0n) is 15.7. The number of carbonyl (C=O) groups is 1. The molecule has 0 unspecified atom stereocenters. The fourth-order valence-corrected chi connectivity index (χ4v) is 3.26. The van der Waals surface area contributed by atoms with Gasteiger partial charge in [-0.2, -0.15) is 0 Å². The minimum Gasteiger partial charge on any atom is -0.497 e. The highest BCUT2D eigenvalue weighted by Crippen LogP contribution is 2.22. The van der Waals surface area contributed by atoms with Gasteiger partial charge in [-0.1, -0.05) is 23.8 Å². The summed E-state index contributed by atoms with van der Waals surface area (Å²) in [4.78, 5) is 17.2. The number of amides is 1. The Morgan fingerprint density at radius 2 is 1.65 bits per heavy atom. The van der Waals surface area contributed by atoms with Gasteiger partial charge in [0.2, 0.25) is 0 Å². The van der Waals surface area contributed by atoms with Crippen LogP contribution in [0.1, 0.15) is 21.5 Å². The normalized spacial score (nSPS) is 15.0. The average molecular weight is 354 g/mol. The van der Waals surface area contributed by atoms with E-state index in [0.29, 0.717) is 11.3 Å². The number of methoxy groups -OCH3 is 2. The Hall–Kier alpha value is -2.53. The molecule has 0 spiro atoms. The lowest BCUT2D eigenvalue weighted by atomic mass is 10.1. The van der Waals surface area contributed by atoms with Crippen molar-refractivity contribution >= 4 is 5.91 Å². The molecule has 5 heteroatoms. The summed E-state index contributed by atoms with van der Waals surface area (Å²) in [5.41, 5.74) is 2.97. The first kappa shape index (κ1) is 18.3. The third-order valence-electron chi connectivity index (χ3n) is 4.81. The molecule has 0 bridgehead atoms. The van der Waals surface area contributed by atoms with E-state index in [9.17, 15) is 4.79 Å². The van der Waals surface area contributed by atoms with E-state index in [1.54, 1.807) is 14.2 Å². The van der Waals surface area contributed by atoms with Gasteiger partial charge in [0.25, 0.3) is 5.91 Å². The van der Waals surface area contributed by atoms with Crippen LogP contribution < -0.4 is 9.47 Å². The van der Waals surface area contributed by atoms with Crippen LogP contribution in [0.5, 0.6) is 11.5 Å². The summed E-state index contributed by atoms with van der Waals surface area (Å²) in [6, 6.07) is 13.9. The number of hydrogen-bond donors (Lipinski definition) is 0. The Balaban J connectivity index is 1.59. The topological polar surface area (TPSA) is 42.0 Å². The Labute approximate surface area is 155 Å². The second-order valence-corrected chi connectivity index (χ2v) is 6.62. The van der Waals surface area contributed by atoms with Crippen LogP contribution in [0.4, 0.5) is 0 Å². The maximum Gasteiger partial charge on any atom is 0.257 e. The van der Waals surface area contributed by atoms with E-state index in [4.69, 9.17) is 9.47 Å². The molecule has 0 radical (unpaired) electrons. The SMILES string of the molecule is COc1ccc(CN2CCN(C(=O)c3cc(C)ccc3OC)CC2)cc1. The van der Waals surface area contributed by atoms with E-state index >= 15 is 0 Å². The van der Waals surface area contributed by atoms with E-state index in [0.717, 1.165) is 44.0 Å². The van der Waals surface area contributed by atoms with Crippen LogP contribution in [0.2, 0.25) is 0 Å². The van der Waals surface area contributed by atoms with Gasteiger partial charge in [-0.25, -0.2) is 0 Å². The Morgan fingerprint density at radius 1 is 0.962 bits per heavy atom. The van der Waals surface area contributed by atoms with Crippen molar-refractivity contribution in [2.75, 3.05) is 40.4 Å². The van der Waals surface area contributed by atoms with Gasteiger partial charge in [-0.3, -0.25) is 9.69 Å². The molecule has 2 aromatic carbocycles. The van der Waals surface area contributed by atoms with Crippen molar-refractivity contribution in [3.05, 3.63) is 59.2 Å². The van der Waals surface area contributed by atoms with Gasteiger partial charge in [0.05, 0.1) is 19.8 Å². The number of ether oxygens (including phenoxy) is 2. The molecule has 1 fully saturated rings. The number of carbonyl (C=O) groups excluding carboxylic acids is 1. The second-order valence-electron chi connectivity index (χ2n) is 6.62. The fourth-order valence-electron chi connectivity index (χ4n) is 3.26. The first-order valence-electron chi connectivity index (χ1n) is 8.90. The molecule has 138 valence electrons. The number of aryl methyl sites for hydroxylation is 1. The van der Waals surface area contributed by atoms with E-state index in [-0.39, 0.29) is 5.91 Å². The van der Waals surface area contributed by atoms with Crippen LogP contribution >= 0.6 is 0 Å². The van der Waals surface area contributed by atoms with Crippen molar-refractivity contribution in [1.29, 1.82) is 0 Å². The Kier molecular flexibility index (Phi) is 5.78. The zero-order chi connectivity index (χ0) is 18.5. The molecule has 2 aromatic rings. The summed E-state index contributed by atoms with van der Waals surface area (Å²) in [6.45, 7) is 6.07. The zero-order valence-corrected chi connectivity index (χ0v) is 15.7. The van der Waals surface area contributed by atoms with Crippen LogP contribution in [-0.2, 0) is 6.54 Å². The highest BCUT2D eigenvalue weighted by atomic mass is 16.5. The maximum atomic E-state index is 12.9. The number of hydrogen-bond acceptors (Lipinski definition) is 4. The largest absolute Gasteiger partial charge is 0.497 e. The van der Waals surface area contributed by atoms with Crippen LogP contribution in [0.15, 0.2) is 42.5 Å². The number of benzene rings is 2. The lowest BCUT2D eigenvalue weighted by Crippen LogP contribution is -2.48. The summed E-state index contributed by atoms with van der Waals surface area (Å²) in [5.74, 6) is 1.56. The molecule has 1 heterocycles. The predicted octanol–water partition coefficient (Wildman–Crippen LogP) is 2.97. The quantitative estimate of drug-likeness (QED) is 0.828. The van der Waals surface area contributed by atoms with Crippen molar-refractivity contribution in [3.8, 4) is 11.5 Å². The molecule has 5 nitrogen and oxygen atoms in total. The van der Waals surface area contributed by atoms with Crippen molar-refractivity contribution in [2.45, 2.75) is 13.5 Å². The first-order chi connectivity index (χ1) is 12.6. The lowest BCUT2D eigenvalue weighted by molar-refractivity contribution is 0.0625. The van der Waals surface area contributed by atoms with Gasteiger partial charge < -0.3 is 14.4 Å². The van der Waals surface area contributed by atoms with Gasteiger partial charge in [0, 0.05) is 32.7 Å². The molecule has 1 saturated heterocycles. The van der Waals surface area contributed by atoms with Gasteiger partial charge in [-0.05, 0) is 36.8 Å². The molecule has 1 amide bonds. The van der Waals surface area contributed by atoms with Gasteiger partial charge in [0.15, 0.2) is 0 Å². The minimum absolute atomic E-state index is 0.0506. The van der Waals surface area contributed by atoms with Gasteiger partial charge in [-0.15, -0.1) is 0 Å². The minimum atomic E-state index is 0.0506. The monoisotopic (exact) mass is 354 g/mol. The third-order valence-corrected chi connectivity index (χ3v) is 4.81. The van der Waals surface area contributed by atoms with Crippen molar-refractivity contribution < 1.29 is 14.3 Å². The molecule has 1 aliphatic rings. The summed E-state index contributed by atoms with van der Waals surface area (Å²) < 4.78 is 10.6. The molecule has 0 aromatic heterocycles. The van der Waals surface area contributed by atoms with E-state index in [1.807, 2.05) is 42.2 Å². The van der Waals surface area contributed by atoms with Crippen molar-refractivity contribution in [1.82, 2.24) is 9.80 Å². The summed E-state index contributed by atoms with van der Waals surface area (Å²) >= 11 is 0. The molecule has 0 saturated carbocycles. The van der Waals surface area contributed by atoms with Crippen molar-refractivity contribution in [2.24, 2.45) is 0 Å². The van der Waals surface area contributed by atoms with E-state index < -0.39 is 0 Å². The molecule has 26 heavy (non-hydrogen) atoms. The molecule has 0 N–H and O–H groups in total. The highest BCUT2D eigenvalue weighted by Gasteiger charge is 2.24. The molecular weight excluding hydrogens is 328 g/mol. The van der Waals surface area contributed by atoms with E-state index in [1.165, 1.54) is 5.56 Å². The standard InChI is InChI=1S/C21H26N2O3/c1-16-4-9-20(26-3)19(14-16)21(24)23-12-10-22(11-13-23)15-17-5-7-18(25-2)8-6-17/h4-9,14H,10-13,15H2,1-3H3. The summed E-state index contributed by atoms with van der Waals surface area (Å²) in [6.07, 6.45) is 0. The number of nitrogens with zero attached hydrogens (tertiary/aromatic N) is 2.